The van der Waals surface area contributed by atoms with Crippen molar-refractivity contribution in [2.45, 2.75) is 97.0 Å². The second kappa shape index (κ2) is 18.6. The van der Waals surface area contributed by atoms with Gasteiger partial charge in [0.05, 0.1) is 16.9 Å². The first kappa shape index (κ1) is 45.7. The molecule has 8 rings (SSSR count). The molecule has 0 saturated carbocycles. The van der Waals surface area contributed by atoms with E-state index >= 15 is 0 Å². The van der Waals surface area contributed by atoms with Crippen LogP contribution in [0.25, 0.3) is 21.5 Å². The van der Waals surface area contributed by atoms with Crippen molar-refractivity contribution in [1.82, 2.24) is 4.90 Å². The molecule has 1 N–H and O–H groups in total. The van der Waals surface area contributed by atoms with Crippen LogP contribution < -0.4 is 9.47 Å². The van der Waals surface area contributed by atoms with Crippen molar-refractivity contribution >= 4 is 54.8 Å². The first-order valence-electron chi connectivity index (χ1n) is 23.2. The number of anilines is 1. The molecule has 1 amide bonds. The number of hydrogen-bond acceptors (Lipinski definition) is 5. The van der Waals surface area contributed by atoms with Gasteiger partial charge >= 0.3 is 6.09 Å². The van der Waals surface area contributed by atoms with Crippen LogP contribution in [-0.4, -0.2) is 60.1 Å². The topological polar surface area (TPSA) is 94.0 Å². The fraction of sp³-hybridized carbons (Fsp3) is 0.364. The molecule has 3 heterocycles. The lowest BCUT2D eigenvalue weighted by Crippen LogP contribution is -2.29. The third-order valence-corrected chi connectivity index (χ3v) is 14.5. The Morgan fingerprint density at radius 3 is 2.18 bits per heavy atom. The van der Waals surface area contributed by atoms with Crippen LogP contribution in [-0.2, 0) is 39.3 Å². The van der Waals surface area contributed by atoms with Gasteiger partial charge in [0.25, 0.3) is 10.1 Å². The van der Waals surface area contributed by atoms with Gasteiger partial charge in [-0.15, -0.1) is 0 Å². The van der Waals surface area contributed by atoms with E-state index in [9.17, 15) is 17.8 Å². The molecule has 0 spiro atoms. The monoisotopic (exact) mass is 892 g/mol. The number of ether oxygens (including phenoxy) is 1. The van der Waals surface area contributed by atoms with Gasteiger partial charge < -0.3 is 9.64 Å². The third-order valence-electron chi connectivity index (χ3n) is 13.7. The van der Waals surface area contributed by atoms with E-state index in [1.807, 2.05) is 43.2 Å². The highest BCUT2D eigenvalue weighted by molar-refractivity contribution is 7.85. The molecule has 0 unspecified atom stereocenters. The molecule has 3 aliphatic rings. The lowest BCUT2D eigenvalue weighted by Gasteiger charge is -2.27. The second-order valence-electron chi connectivity index (χ2n) is 18.9. The van der Waals surface area contributed by atoms with Crippen molar-refractivity contribution < 1.29 is 31.6 Å². The number of nitrogens with zero attached hydrogens (tertiary/aromatic N) is 4. The minimum absolute atomic E-state index is 0.156. The highest BCUT2D eigenvalue weighted by Gasteiger charge is 2.46. The fourth-order valence-corrected chi connectivity index (χ4v) is 11.0. The van der Waals surface area contributed by atoms with E-state index in [2.05, 4.69) is 141 Å². The lowest BCUT2D eigenvalue weighted by molar-refractivity contribution is -0.671. The largest absolute Gasteiger partial charge is 0.444 e. The normalized spacial score (nSPS) is 17.9. The van der Waals surface area contributed by atoms with Gasteiger partial charge in [-0.05, 0) is 102 Å². The first-order valence-corrected chi connectivity index (χ1v) is 24.8. The summed E-state index contributed by atoms with van der Waals surface area (Å²) in [6.45, 7) is 13.1. The summed E-state index contributed by atoms with van der Waals surface area (Å²) < 4.78 is 43.3. The Morgan fingerprint density at radius 2 is 1.49 bits per heavy atom. The maximum absolute atomic E-state index is 14.1. The summed E-state index contributed by atoms with van der Waals surface area (Å²) in [6.07, 6.45) is 18.2. The van der Waals surface area contributed by atoms with Crippen LogP contribution in [0, 0.1) is 0 Å². The number of likely N-dealkylation sites (N-methyl/N-ethyl adjacent to an activating group) is 1. The number of pyridine rings is 1. The summed E-state index contributed by atoms with van der Waals surface area (Å²) in [5.74, 6) is -0.275. The molecule has 0 fully saturated rings. The molecule has 10 heteroatoms. The quantitative estimate of drug-likeness (QED) is 0.0639. The second-order valence-corrected chi connectivity index (χ2v) is 20.5. The summed E-state index contributed by atoms with van der Waals surface area (Å²) >= 11 is 0. The number of benzene rings is 4. The number of fused-ring (bicyclic) bond motifs is 6. The molecular formula is C55H64N4O5S+2. The van der Waals surface area contributed by atoms with Gasteiger partial charge in [-0.3, -0.25) is 9.45 Å². The van der Waals surface area contributed by atoms with Crippen molar-refractivity contribution in [1.29, 1.82) is 0 Å². The van der Waals surface area contributed by atoms with Gasteiger partial charge in [-0.1, -0.05) is 93.9 Å². The molecule has 9 nitrogen and oxygen atoms in total. The van der Waals surface area contributed by atoms with Gasteiger partial charge in [0.2, 0.25) is 5.69 Å². The number of carbonyl (C=O) groups excluding carboxylic acids is 1. The molecule has 338 valence electrons. The Bertz CT molecular complexity index is 2920. The fourth-order valence-electron chi connectivity index (χ4n) is 10.4. The Kier molecular flexibility index (Phi) is 13.1. The maximum Gasteiger partial charge on any atom is 0.414 e. The van der Waals surface area contributed by atoms with Crippen molar-refractivity contribution in [3.05, 3.63) is 161 Å². The predicted octanol–water partition coefficient (Wildman–Crippen LogP) is 11.5. The van der Waals surface area contributed by atoms with E-state index in [0.29, 0.717) is 19.4 Å². The van der Waals surface area contributed by atoms with E-state index in [4.69, 9.17) is 4.74 Å². The first-order chi connectivity index (χ1) is 31.1. The highest BCUT2D eigenvalue weighted by Crippen LogP contribution is 2.51. The molecule has 0 radical (unpaired) electrons. The number of aryl methyl sites for hydroxylation is 1. The number of carbonyl (C=O) groups is 1. The van der Waals surface area contributed by atoms with Crippen LogP contribution in [0.1, 0.15) is 96.3 Å². The van der Waals surface area contributed by atoms with E-state index in [0.717, 1.165) is 77.8 Å². The maximum atomic E-state index is 14.1. The number of hydrogen-bond donors (Lipinski definition) is 1. The molecule has 2 aliphatic heterocycles. The van der Waals surface area contributed by atoms with Gasteiger partial charge in [0.1, 0.15) is 20.2 Å². The van der Waals surface area contributed by atoms with Crippen LogP contribution in [0.5, 0.6) is 0 Å². The molecule has 1 aliphatic carbocycles. The van der Waals surface area contributed by atoms with Crippen molar-refractivity contribution in [2.75, 3.05) is 30.8 Å². The summed E-state index contributed by atoms with van der Waals surface area (Å²) in [4.78, 5) is 18.1. The van der Waals surface area contributed by atoms with Crippen molar-refractivity contribution in [2.24, 2.45) is 7.05 Å². The van der Waals surface area contributed by atoms with E-state index in [1.165, 1.54) is 38.7 Å². The van der Waals surface area contributed by atoms with Gasteiger partial charge in [0, 0.05) is 72.2 Å². The van der Waals surface area contributed by atoms with Gasteiger partial charge in [-0.2, -0.15) is 13.0 Å². The number of unbranched alkanes of at least 4 members (excludes halogenated alkanes) is 3. The molecule has 0 bridgehead atoms. The number of allylic oxidation sites excluding steroid dienone is 7. The lowest BCUT2D eigenvalue weighted by atomic mass is 9.79. The Morgan fingerprint density at radius 1 is 0.815 bits per heavy atom. The van der Waals surface area contributed by atoms with E-state index in [-0.39, 0.29) is 17.8 Å². The molecule has 0 saturated heterocycles. The number of rotatable bonds is 15. The van der Waals surface area contributed by atoms with Crippen LogP contribution in [0.2, 0.25) is 0 Å². The molecular weight excluding hydrogens is 829 g/mol. The summed E-state index contributed by atoms with van der Waals surface area (Å²) in [5.41, 5.74) is 10.5. The molecule has 4 aromatic carbocycles. The van der Waals surface area contributed by atoms with Crippen molar-refractivity contribution in [3.63, 3.8) is 0 Å². The van der Waals surface area contributed by atoms with E-state index < -0.39 is 21.6 Å². The zero-order valence-electron chi connectivity index (χ0n) is 39.1. The zero-order valence-corrected chi connectivity index (χ0v) is 39.9. The number of amides is 1. The predicted molar refractivity (Wildman–Crippen MR) is 263 cm³/mol. The minimum Gasteiger partial charge on any atom is -0.444 e. The van der Waals surface area contributed by atoms with Crippen LogP contribution in [0.15, 0.2) is 144 Å². The van der Waals surface area contributed by atoms with Crippen LogP contribution in [0.4, 0.5) is 16.2 Å². The zero-order chi connectivity index (χ0) is 46.1. The average molecular weight is 893 g/mol. The van der Waals surface area contributed by atoms with Crippen LogP contribution >= 0.6 is 0 Å². The average Bonchev–Trinajstić information content (AvgIpc) is 3.86. The SMILES string of the molecule is CCCCC[N+]1=C(/C=C/C2=C(N(C)C(=O)OCc3cc[n+](C)cc3)C(=C/C=C3/N(CCCCS(=O)(=O)O)c4ccc5ccccc5c4C3(C)C)/CC2)C(C)(C)c2c1ccc1ccccc21. The van der Waals surface area contributed by atoms with Crippen LogP contribution in [0.3, 0.4) is 0 Å². The minimum atomic E-state index is -4.06. The molecule has 5 aromatic rings. The van der Waals surface area contributed by atoms with Gasteiger partial charge in [-0.25, -0.2) is 9.36 Å². The van der Waals surface area contributed by atoms with Crippen molar-refractivity contribution in [3.8, 4) is 0 Å². The number of aromatic nitrogens is 1. The Hall–Kier alpha value is -5.84. The van der Waals surface area contributed by atoms with Gasteiger partial charge in [0.15, 0.2) is 18.1 Å². The summed E-state index contributed by atoms with van der Waals surface area (Å²) in [6, 6.07) is 29.9. The molecule has 0 atom stereocenters. The van der Waals surface area contributed by atoms with E-state index in [1.54, 1.807) is 4.90 Å². The smallest absolute Gasteiger partial charge is 0.414 e. The standard InChI is InChI=1S/C55H63N4O5S/c1-8-9-14-33-58-46-27-23-40-17-10-12-19-44(40)50(46)54(2,3)48(58)29-25-42-21-22-43(52(42)57(7)53(60)64-38-39-31-35-56(6)36-32-39)26-30-49-55(4,5)51-45-20-13-11-18-41(45)24-28-47(51)59(49)34-15-16-37-65(61,62)63/h10-13,17-20,23-32,35-36H,8-9,14-16,21-22,33-34,37-38H2,1-7H3/q+1/p+1. The summed E-state index contributed by atoms with van der Waals surface area (Å²) in [7, 11) is -0.288. The highest BCUT2D eigenvalue weighted by atomic mass is 32.2. The molecule has 1 aromatic heterocycles. The third kappa shape index (κ3) is 9.21. The summed E-state index contributed by atoms with van der Waals surface area (Å²) in [5, 5.41) is 4.87. The Labute approximate surface area is 385 Å². The molecule has 65 heavy (non-hydrogen) atoms. The Balaban J connectivity index is 1.21.